The highest BCUT2D eigenvalue weighted by atomic mass is 32.2. The molecule has 0 heterocycles. The molecular formula is C24H17F10NO2S. The Morgan fingerprint density at radius 3 is 2.16 bits per heavy atom. The van der Waals surface area contributed by atoms with E-state index >= 15 is 0 Å². The molecule has 0 aliphatic carbocycles. The van der Waals surface area contributed by atoms with Crippen molar-refractivity contribution in [1.29, 1.82) is 0 Å². The summed E-state index contributed by atoms with van der Waals surface area (Å²) in [5.41, 5.74) is -6.65. The van der Waals surface area contributed by atoms with Crippen molar-refractivity contribution in [3.05, 3.63) is 83.7 Å². The molecule has 3 nitrogen and oxygen atoms in total. The van der Waals surface area contributed by atoms with E-state index in [1.807, 2.05) is 0 Å². The summed E-state index contributed by atoms with van der Waals surface area (Å²) < 4.78 is 137. The predicted molar refractivity (Wildman–Crippen MR) is 119 cm³/mol. The second kappa shape index (κ2) is 11.3. The third-order valence-electron chi connectivity index (χ3n) is 4.98. The standard InChI is InChI=1S/C24H17F10NO2S/c25-18-9-8-15(22(26,27)28)10-14(18)12-35(13-21(36)23(29,30)31)19-6-1-2-7-20(19)37-16-4-3-5-17(11-16)38-24(32,33)34/h1-11,21,36H,12-13H2/t21-/m1/s1. The maximum atomic E-state index is 14.4. The predicted octanol–water partition coefficient (Wildman–Crippen LogP) is 8.18. The van der Waals surface area contributed by atoms with Crippen LogP contribution in [0.15, 0.2) is 71.6 Å². The molecule has 0 spiro atoms. The highest BCUT2D eigenvalue weighted by Crippen LogP contribution is 2.40. The van der Waals surface area contributed by atoms with Gasteiger partial charge in [0.15, 0.2) is 11.9 Å². The van der Waals surface area contributed by atoms with Gasteiger partial charge in [0, 0.05) is 17.0 Å². The highest BCUT2D eigenvalue weighted by Gasteiger charge is 2.40. The minimum atomic E-state index is -5.12. The van der Waals surface area contributed by atoms with Gasteiger partial charge in [0.05, 0.1) is 17.8 Å². The first-order valence-electron chi connectivity index (χ1n) is 10.5. The van der Waals surface area contributed by atoms with E-state index < -0.39 is 65.8 Å². The van der Waals surface area contributed by atoms with Crippen LogP contribution in [-0.4, -0.2) is 29.4 Å². The minimum absolute atomic E-state index is 0.131. The molecule has 0 saturated carbocycles. The SMILES string of the molecule is O[C@H](CN(Cc1cc(C(F)(F)F)ccc1F)c1ccccc1Oc1cccc(SC(F)(F)F)c1)C(F)(F)F. The maximum Gasteiger partial charge on any atom is 0.446 e. The van der Waals surface area contributed by atoms with E-state index in [1.54, 1.807) is 0 Å². The number of halogens is 10. The molecule has 0 amide bonds. The van der Waals surface area contributed by atoms with E-state index in [1.165, 1.54) is 36.4 Å². The number of hydrogen-bond donors (Lipinski definition) is 1. The number of alkyl halides is 9. The first-order chi connectivity index (χ1) is 17.5. The molecule has 0 radical (unpaired) electrons. The van der Waals surface area contributed by atoms with Gasteiger partial charge in [-0.25, -0.2) is 4.39 Å². The highest BCUT2D eigenvalue weighted by molar-refractivity contribution is 8.00. The summed E-state index contributed by atoms with van der Waals surface area (Å²) in [5.74, 6) is -1.48. The lowest BCUT2D eigenvalue weighted by molar-refractivity contribution is -0.200. The molecule has 206 valence electrons. The molecule has 3 aromatic rings. The molecule has 14 heteroatoms. The molecule has 0 aliphatic rings. The van der Waals surface area contributed by atoms with Crippen LogP contribution in [0.25, 0.3) is 0 Å². The van der Waals surface area contributed by atoms with Gasteiger partial charge >= 0.3 is 17.9 Å². The second-order valence-electron chi connectivity index (χ2n) is 7.83. The molecule has 0 saturated heterocycles. The number of ether oxygens (including phenoxy) is 1. The fourth-order valence-electron chi connectivity index (χ4n) is 3.30. The summed E-state index contributed by atoms with van der Waals surface area (Å²) >= 11 is -0.428. The Kier molecular flexibility index (Phi) is 8.76. The molecule has 1 N–H and O–H groups in total. The number of para-hydroxylation sites is 2. The molecular weight excluding hydrogens is 556 g/mol. The largest absolute Gasteiger partial charge is 0.455 e. The maximum absolute atomic E-state index is 14.4. The van der Waals surface area contributed by atoms with Crippen molar-refractivity contribution in [2.75, 3.05) is 11.4 Å². The molecule has 0 aromatic heterocycles. The minimum Gasteiger partial charge on any atom is -0.455 e. The van der Waals surface area contributed by atoms with Gasteiger partial charge in [-0.2, -0.15) is 39.5 Å². The first-order valence-corrected chi connectivity index (χ1v) is 11.3. The van der Waals surface area contributed by atoms with Crippen molar-refractivity contribution in [3.8, 4) is 11.5 Å². The molecule has 1 atom stereocenters. The zero-order valence-corrected chi connectivity index (χ0v) is 19.6. The first kappa shape index (κ1) is 29.4. The second-order valence-corrected chi connectivity index (χ2v) is 8.97. The van der Waals surface area contributed by atoms with Crippen LogP contribution in [0.2, 0.25) is 0 Å². The Balaban J connectivity index is 2.01. The molecule has 3 aromatic carbocycles. The lowest BCUT2D eigenvalue weighted by Crippen LogP contribution is -2.41. The van der Waals surface area contributed by atoms with Crippen LogP contribution in [0.5, 0.6) is 11.5 Å². The third kappa shape index (κ3) is 8.18. The van der Waals surface area contributed by atoms with Crippen molar-refractivity contribution >= 4 is 17.4 Å². The van der Waals surface area contributed by atoms with Gasteiger partial charge in [0.1, 0.15) is 11.6 Å². The van der Waals surface area contributed by atoms with Crippen LogP contribution < -0.4 is 9.64 Å². The van der Waals surface area contributed by atoms with E-state index in [2.05, 4.69) is 0 Å². The van der Waals surface area contributed by atoms with Crippen LogP contribution in [0, 0.1) is 5.82 Å². The number of thioether (sulfide) groups is 1. The summed E-state index contributed by atoms with van der Waals surface area (Å²) in [6.07, 6.45) is -13.0. The van der Waals surface area contributed by atoms with Gasteiger partial charge in [-0.3, -0.25) is 0 Å². The molecule has 0 fully saturated rings. The van der Waals surface area contributed by atoms with Gasteiger partial charge in [0.2, 0.25) is 0 Å². The van der Waals surface area contributed by atoms with Crippen LogP contribution >= 0.6 is 11.8 Å². The Labute approximate surface area is 213 Å². The van der Waals surface area contributed by atoms with Crippen LogP contribution in [0.4, 0.5) is 49.6 Å². The number of aliphatic hydroxyl groups excluding tert-OH is 1. The average Bonchev–Trinajstić information content (AvgIpc) is 2.78. The summed E-state index contributed by atoms with van der Waals surface area (Å²) in [7, 11) is 0. The molecule has 0 unspecified atom stereocenters. The van der Waals surface area contributed by atoms with Crippen LogP contribution in [0.1, 0.15) is 11.1 Å². The Hall–Kier alpha value is -3.13. The van der Waals surface area contributed by atoms with Crippen molar-refractivity contribution in [3.63, 3.8) is 0 Å². The van der Waals surface area contributed by atoms with Crippen molar-refractivity contribution < 1.29 is 53.7 Å². The molecule has 38 heavy (non-hydrogen) atoms. The lowest BCUT2D eigenvalue weighted by atomic mass is 10.1. The van der Waals surface area contributed by atoms with E-state index in [4.69, 9.17) is 4.74 Å². The zero-order valence-electron chi connectivity index (χ0n) is 18.8. The van der Waals surface area contributed by atoms with Gasteiger partial charge in [-0.05, 0) is 60.3 Å². The Morgan fingerprint density at radius 2 is 1.53 bits per heavy atom. The zero-order chi connectivity index (χ0) is 28.3. The van der Waals surface area contributed by atoms with Crippen molar-refractivity contribution in [1.82, 2.24) is 0 Å². The van der Waals surface area contributed by atoms with E-state index in [0.29, 0.717) is 18.2 Å². The van der Waals surface area contributed by atoms with Crippen molar-refractivity contribution in [2.24, 2.45) is 0 Å². The van der Waals surface area contributed by atoms with Crippen LogP contribution in [-0.2, 0) is 12.7 Å². The Bertz CT molecular complexity index is 1240. The molecule has 0 bridgehead atoms. The summed E-state index contributed by atoms with van der Waals surface area (Å²) in [6.45, 7) is -2.06. The number of anilines is 1. The fourth-order valence-corrected chi connectivity index (χ4v) is 3.89. The molecule has 3 rings (SSSR count). The summed E-state index contributed by atoms with van der Waals surface area (Å²) in [5, 5.41) is 9.68. The van der Waals surface area contributed by atoms with Gasteiger partial charge in [-0.15, -0.1) is 0 Å². The lowest BCUT2D eigenvalue weighted by Gasteiger charge is -2.30. The van der Waals surface area contributed by atoms with Gasteiger partial charge in [-0.1, -0.05) is 18.2 Å². The topological polar surface area (TPSA) is 32.7 Å². The summed E-state index contributed by atoms with van der Waals surface area (Å²) in [4.78, 5) is 0.517. The third-order valence-corrected chi connectivity index (χ3v) is 5.70. The van der Waals surface area contributed by atoms with Crippen LogP contribution in [0.3, 0.4) is 0 Å². The quantitative estimate of drug-likeness (QED) is 0.218. The van der Waals surface area contributed by atoms with Gasteiger partial charge in [0.25, 0.3) is 0 Å². The molecule has 0 aliphatic heterocycles. The Morgan fingerprint density at radius 1 is 0.842 bits per heavy atom. The van der Waals surface area contributed by atoms with E-state index in [-0.39, 0.29) is 22.1 Å². The number of rotatable bonds is 8. The summed E-state index contributed by atoms with van der Waals surface area (Å²) in [6, 6.07) is 11.3. The average molecular weight is 573 g/mol. The number of nitrogens with zero attached hydrogens (tertiary/aromatic N) is 1. The van der Waals surface area contributed by atoms with E-state index in [9.17, 15) is 49.0 Å². The monoisotopic (exact) mass is 573 g/mol. The van der Waals surface area contributed by atoms with Crippen molar-refractivity contribution in [2.45, 2.75) is 35.4 Å². The van der Waals surface area contributed by atoms with E-state index in [0.717, 1.165) is 17.0 Å². The van der Waals surface area contributed by atoms with Gasteiger partial charge < -0.3 is 14.7 Å². The smallest absolute Gasteiger partial charge is 0.446 e. The number of hydrogen-bond acceptors (Lipinski definition) is 4. The number of aliphatic hydroxyl groups is 1. The normalized spacial score (nSPS) is 13.3. The number of benzene rings is 3. The fraction of sp³-hybridized carbons (Fsp3) is 0.250.